The van der Waals surface area contributed by atoms with Crippen LogP contribution in [0.1, 0.15) is 29.6 Å². The first-order valence-electron chi connectivity index (χ1n) is 7.18. The maximum atomic E-state index is 12.8. The van der Waals surface area contributed by atoms with Gasteiger partial charge in [-0.1, -0.05) is 0 Å². The van der Waals surface area contributed by atoms with Crippen molar-refractivity contribution in [2.45, 2.75) is 45.7 Å². The Labute approximate surface area is 131 Å². The average Bonchev–Trinajstić information content (AvgIpc) is 2.94. The number of aryl methyl sites for hydroxylation is 3. The average molecular weight is 325 g/mol. The molecule has 2 aromatic heterocycles. The monoisotopic (exact) mass is 325 g/mol. The van der Waals surface area contributed by atoms with Gasteiger partial charge in [-0.05, 0) is 27.7 Å². The topological polar surface area (TPSA) is 73.0 Å². The molecule has 2 heterocycles. The highest BCUT2D eigenvalue weighted by Gasteiger charge is 2.27. The van der Waals surface area contributed by atoms with Crippen LogP contribution >= 0.6 is 0 Å². The summed E-state index contributed by atoms with van der Waals surface area (Å²) in [5.41, 5.74) is 3.42. The van der Waals surface area contributed by atoms with Crippen molar-refractivity contribution in [2.75, 3.05) is 7.05 Å². The van der Waals surface area contributed by atoms with Gasteiger partial charge in [0.2, 0.25) is 10.0 Å². The molecule has 0 aliphatic carbocycles. The van der Waals surface area contributed by atoms with Crippen LogP contribution in [0.2, 0.25) is 0 Å². The maximum absolute atomic E-state index is 12.8. The molecule has 0 radical (unpaired) electrons. The number of hydrogen-bond acceptors (Lipinski definition) is 4. The number of hydrogen-bond donors (Lipinski definition) is 0. The molecule has 2 rings (SSSR count). The lowest BCUT2D eigenvalue weighted by atomic mass is 10.2. The summed E-state index contributed by atoms with van der Waals surface area (Å²) in [6.07, 6.45) is 1.42. The molecule has 7 nitrogen and oxygen atoms in total. The summed E-state index contributed by atoms with van der Waals surface area (Å²) in [7, 11) is -0.124. The van der Waals surface area contributed by atoms with Crippen LogP contribution in [0, 0.1) is 20.8 Å². The van der Waals surface area contributed by atoms with Crippen molar-refractivity contribution < 1.29 is 8.42 Å². The van der Waals surface area contributed by atoms with Gasteiger partial charge in [-0.2, -0.15) is 14.5 Å². The molecule has 22 heavy (non-hydrogen) atoms. The summed E-state index contributed by atoms with van der Waals surface area (Å²) < 4.78 is 30.3. The first-order chi connectivity index (χ1) is 10.2. The summed E-state index contributed by atoms with van der Waals surface area (Å²) in [5, 5.41) is 8.46. The Kier molecular flexibility index (Phi) is 4.44. The Balaban J connectivity index is 2.35. The van der Waals surface area contributed by atoms with Crippen LogP contribution in [0.4, 0.5) is 0 Å². The summed E-state index contributed by atoms with van der Waals surface area (Å²) >= 11 is 0. The molecule has 0 atom stereocenters. The highest BCUT2D eigenvalue weighted by Crippen LogP contribution is 2.22. The molecule has 0 aromatic carbocycles. The van der Waals surface area contributed by atoms with E-state index in [1.54, 1.807) is 23.3 Å². The minimum atomic E-state index is -3.57. The van der Waals surface area contributed by atoms with E-state index in [2.05, 4.69) is 10.2 Å². The van der Waals surface area contributed by atoms with Gasteiger partial charge in [-0.25, -0.2) is 8.42 Å². The zero-order valence-corrected chi connectivity index (χ0v) is 14.8. The Bertz CT molecular complexity index is 789. The molecule has 0 aliphatic rings. The molecule has 0 fully saturated rings. The largest absolute Gasteiger partial charge is 0.272 e. The SMILES string of the molecule is CCn1ncc(S(=O)(=O)N(C)Cc2c(C)nn(C)c2C)c1C. The lowest BCUT2D eigenvalue weighted by molar-refractivity contribution is 0.464. The Morgan fingerprint density at radius 3 is 2.32 bits per heavy atom. The molecule has 0 amide bonds. The first-order valence-corrected chi connectivity index (χ1v) is 8.62. The quantitative estimate of drug-likeness (QED) is 0.832. The predicted molar refractivity (Wildman–Crippen MR) is 84.0 cm³/mol. The van der Waals surface area contributed by atoms with Crippen LogP contribution in [-0.4, -0.2) is 39.3 Å². The van der Waals surface area contributed by atoms with Crippen LogP contribution in [-0.2, 0) is 30.2 Å². The minimum Gasteiger partial charge on any atom is -0.272 e. The molecule has 0 spiro atoms. The van der Waals surface area contributed by atoms with Crippen molar-refractivity contribution in [3.63, 3.8) is 0 Å². The standard InChI is InChI=1S/C14H23N5O2S/c1-7-19-12(4)14(8-15-19)22(20,21)17(5)9-13-10(2)16-18(6)11(13)3/h8H,7,9H2,1-6H3. The molecule has 0 bridgehead atoms. The van der Waals surface area contributed by atoms with E-state index in [1.165, 1.54) is 10.5 Å². The summed E-state index contributed by atoms with van der Waals surface area (Å²) in [5.74, 6) is 0. The second kappa shape index (κ2) is 5.85. The molecule has 0 saturated heterocycles. The predicted octanol–water partition coefficient (Wildman–Crippen LogP) is 1.38. The normalized spacial score (nSPS) is 12.3. The zero-order chi connectivity index (χ0) is 16.7. The highest BCUT2D eigenvalue weighted by molar-refractivity contribution is 7.89. The van der Waals surface area contributed by atoms with Crippen LogP contribution in [0.25, 0.3) is 0 Å². The lowest BCUT2D eigenvalue weighted by Crippen LogP contribution is -2.27. The van der Waals surface area contributed by atoms with Crippen LogP contribution in [0.3, 0.4) is 0 Å². The molecule has 0 saturated carbocycles. The second-order valence-corrected chi connectivity index (χ2v) is 7.46. The van der Waals surface area contributed by atoms with Crippen molar-refractivity contribution in [3.8, 4) is 0 Å². The third kappa shape index (κ3) is 2.68. The van der Waals surface area contributed by atoms with E-state index in [4.69, 9.17) is 0 Å². The Morgan fingerprint density at radius 1 is 1.23 bits per heavy atom. The van der Waals surface area contributed by atoms with E-state index < -0.39 is 10.0 Å². The highest BCUT2D eigenvalue weighted by atomic mass is 32.2. The number of aromatic nitrogens is 4. The fourth-order valence-electron chi connectivity index (χ4n) is 2.52. The fraction of sp³-hybridized carbons (Fsp3) is 0.571. The van der Waals surface area contributed by atoms with Crippen molar-refractivity contribution in [3.05, 3.63) is 28.8 Å². The first kappa shape index (κ1) is 16.7. The second-order valence-electron chi connectivity index (χ2n) is 5.44. The van der Waals surface area contributed by atoms with Crippen molar-refractivity contribution in [1.29, 1.82) is 0 Å². The van der Waals surface area contributed by atoms with E-state index >= 15 is 0 Å². The molecular weight excluding hydrogens is 302 g/mol. The fourth-order valence-corrected chi connectivity index (χ4v) is 3.82. The number of nitrogens with zero attached hydrogens (tertiary/aromatic N) is 5. The maximum Gasteiger partial charge on any atom is 0.246 e. The van der Waals surface area contributed by atoms with Crippen molar-refractivity contribution in [2.24, 2.45) is 7.05 Å². The van der Waals surface area contributed by atoms with Gasteiger partial charge >= 0.3 is 0 Å². The van der Waals surface area contributed by atoms with Crippen LogP contribution < -0.4 is 0 Å². The smallest absolute Gasteiger partial charge is 0.246 e. The molecular formula is C14H23N5O2S. The van der Waals surface area contributed by atoms with E-state index in [0.29, 0.717) is 18.8 Å². The molecule has 2 aromatic rings. The van der Waals surface area contributed by atoms with Gasteiger partial charge in [0.15, 0.2) is 0 Å². The third-order valence-corrected chi connectivity index (χ3v) is 5.99. The Morgan fingerprint density at radius 2 is 1.86 bits per heavy atom. The van der Waals surface area contributed by atoms with Crippen LogP contribution in [0.15, 0.2) is 11.1 Å². The van der Waals surface area contributed by atoms with Gasteiger partial charge in [-0.15, -0.1) is 0 Å². The molecule has 0 aliphatic heterocycles. The minimum absolute atomic E-state index is 0.260. The van der Waals surface area contributed by atoms with Crippen molar-refractivity contribution in [1.82, 2.24) is 23.9 Å². The van der Waals surface area contributed by atoms with Gasteiger partial charge < -0.3 is 0 Å². The summed E-state index contributed by atoms with van der Waals surface area (Å²) in [6, 6.07) is 0. The van der Waals surface area contributed by atoms with E-state index in [9.17, 15) is 8.42 Å². The van der Waals surface area contributed by atoms with Gasteiger partial charge in [0.25, 0.3) is 0 Å². The van der Waals surface area contributed by atoms with E-state index in [0.717, 1.165) is 17.0 Å². The summed E-state index contributed by atoms with van der Waals surface area (Å²) in [6.45, 7) is 8.48. The third-order valence-electron chi connectivity index (χ3n) is 4.09. The van der Waals surface area contributed by atoms with Gasteiger partial charge in [0, 0.05) is 38.4 Å². The zero-order valence-electron chi connectivity index (χ0n) is 14.0. The van der Waals surface area contributed by atoms with Gasteiger partial charge in [-0.3, -0.25) is 9.36 Å². The van der Waals surface area contributed by atoms with Gasteiger partial charge in [0.05, 0.1) is 17.6 Å². The number of sulfonamides is 1. The molecule has 0 unspecified atom stereocenters. The van der Waals surface area contributed by atoms with E-state index in [-0.39, 0.29) is 4.90 Å². The lowest BCUT2D eigenvalue weighted by Gasteiger charge is -2.17. The summed E-state index contributed by atoms with van der Waals surface area (Å²) in [4.78, 5) is 0.260. The van der Waals surface area contributed by atoms with E-state index in [1.807, 2.05) is 27.8 Å². The Hall–Kier alpha value is -1.67. The number of rotatable bonds is 5. The van der Waals surface area contributed by atoms with Crippen LogP contribution in [0.5, 0.6) is 0 Å². The van der Waals surface area contributed by atoms with Crippen molar-refractivity contribution >= 4 is 10.0 Å². The molecule has 8 heteroatoms. The molecule has 122 valence electrons. The molecule has 0 N–H and O–H groups in total. The van der Waals surface area contributed by atoms with Gasteiger partial charge in [0.1, 0.15) is 4.90 Å².